The van der Waals surface area contributed by atoms with Crippen molar-refractivity contribution in [1.82, 2.24) is 9.55 Å². The average molecular weight is 527 g/mol. The Hall–Kier alpha value is -2.95. The van der Waals surface area contributed by atoms with Crippen LogP contribution in [0.25, 0.3) is 0 Å². The lowest BCUT2D eigenvalue weighted by molar-refractivity contribution is 0.157. The van der Waals surface area contributed by atoms with E-state index in [9.17, 15) is 13.2 Å². The first kappa shape index (κ1) is 25.7. The number of anilines is 1. The number of nitrogens with two attached hydrogens (primary N) is 2. The van der Waals surface area contributed by atoms with Crippen LogP contribution in [-0.2, 0) is 27.8 Å². The maximum atomic E-state index is 13.5. The fourth-order valence-electron chi connectivity index (χ4n) is 3.36. The van der Waals surface area contributed by atoms with Gasteiger partial charge in [-0.2, -0.15) is 8.42 Å². The molecule has 3 aromatic rings. The number of rotatable bonds is 9. The summed E-state index contributed by atoms with van der Waals surface area (Å²) in [7, 11) is -4.38. The monoisotopic (exact) mass is 526 g/mol. The minimum Gasteiger partial charge on any atom is -0.449 e. The number of halogens is 2. The Bertz CT molecular complexity index is 1290. The summed E-state index contributed by atoms with van der Waals surface area (Å²) >= 11 is 12.0. The molecular formula is C22H24Cl2N4O5S. The maximum absolute atomic E-state index is 13.5. The van der Waals surface area contributed by atoms with Crippen LogP contribution in [0.15, 0.2) is 47.5 Å². The third-order valence-electron chi connectivity index (χ3n) is 4.71. The van der Waals surface area contributed by atoms with Gasteiger partial charge in [-0.1, -0.05) is 49.2 Å². The number of carbonyl (C=O) groups excluding carboxylic acids is 1. The van der Waals surface area contributed by atoms with Gasteiger partial charge in [0, 0.05) is 34.3 Å². The molecule has 0 saturated carbocycles. The summed E-state index contributed by atoms with van der Waals surface area (Å²) in [5, 5.41) is 0.314. The van der Waals surface area contributed by atoms with Crippen molar-refractivity contribution in [2.75, 3.05) is 12.3 Å². The topological polar surface area (TPSA) is 140 Å². The fraction of sp³-hybridized carbons (Fsp3) is 0.273. The zero-order chi connectivity index (χ0) is 25.0. The Labute approximate surface area is 207 Å². The highest BCUT2D eigenvalue weighted by Crippen LogP contribution is 2.31. The standard InChI is InChI=1S/C22H24Cl2N4O5S/c1-13(2)20-21(34(30,31)33-18-10-15(23)9-16(24)11-18)28(12-14-4-3-5-17(25)8-14)19(27-20)6-7-32-22(26)29/h3-5,8-11,13H,6-7,12,25H2,1-2H3,(H2,26,29). The Morgan fingerprint density at radius 2 is 1.82 bits per heavy atom. The lowest BCUT2D eigenvalue weighted by Gasteiger charge is -2.15. The number of aromatic nitrogens is 2. The van der Waals surface area contributed by atoms with Crippen LogP contribution in [0.2, 0.25) is 10.0 Å². The van der Waals surface area contributed by atoms with Gasteiger partial charge in [0.15, 0.2) is 5.03 Å². The van der Waals surface area contributed by atoms with Crippen molar-refractivity contribution in [1.29, 1.82) is 0 Å². The molecule has 3 rings (SSSR count). The Morgan fingerprint density at radius 3 is 2.41 bits per heavy atom. The van der Waals surface area contributed by atoms with Crippen LogP contribution in [-0.4, -0.2) is 30.7 Å². The molecule has 0 saturated heterocycles. The van der Waals surface area contributed by atoms with Crippen molar-refractivity contribution in [3.63, 3.8) is 0 Å². The molecule has 9 nitrogen and oxygen atoms in total. The number of hydrogen-bond acceptors (Lipinski definition) is 7. The lowest BCUT2D eigenvalue weighted by atomic mass is 10.1. The number of ether oxygens (including phenoxy) is 1. The molecule has 0 aliphatic rings. The molecule has 4 N–H and O–H groups in total. The predicted molar refractivity (Wildman–Crippen MR) is 130 cm³/mol. The normalized spacial score (nSPS) is 11.6. The van der Waals surface area contributed by atoms with E-state index < -0.39 is 16.2 Å². The fourth-order valence-corrected chi connectivity index (χ4v) is 5.27. The van der Waals surface area contributed by atoms with Crippen LogP contribution in [0.5, 0.6) is 5.75 Å². The van der Waals surface area contributed by atoms with Crippen molar-refractivity contribution in [2.24, 2.45) is 5.73 Å². The molecule has 12 heteroatoms. The van der Waals surface area contributed by atoms with Gasteiger partial charge in [0.1, 0.15) is 18.2 Å². The van der Waals surface area contributed by atoms with Crippen LogP contribution >= 0.6 is 23.2 Å². The smallest absolute Gasteiger partial charge is 0.404 e. The lowest BCUT2D eigenvalue weighted by Crippen LogP contribution is -2.20. The largest absolute Gasteiger partial charge is 0.449 e. The molecule has 0 aliphatic carbocycles. The first-order chi connectivity index (χ1) is 16.0. The van der Waals surface area contributed by atoms with Gasteiger partial charge < -0.3 is 25.0 Å². The van der Waals surface area contributed by atoms with E-state index in [2.05, 4.69) is 4.98 Å². The van der Waals surface area contributed by atoms with Crippen molar-refractivity contribution in [2.45, 2.75) is 37.8 Å². The zero-order valence-corrected chi connectivity index (χ0v) is 20.8. The molecule has 182 valence electrons. The van der Waals surface area contributed by atoms with E-state index in [0.29, 0.717) is 17.2 Å². The van der Waals surface area contributed by atoms with Crippen molar-refractivity contribution in [3.05, 3.63) is 69.6 Å². The van der Waals surface area contributed by atoms with Crippen LogP contribution in [0.4, 0.5) is 10.5 Å². The van der Waals surface area contributed by atoms with Gasteiger partial charge in [-0.3, -0.25) is 0 Å². The number of primary amides is 1. The zero-order valence-electron chi connectivity index (χ0n) is 18.5. The number of hydrogen-bond donors (Lipinski definition) is 2. The van der Waals surface area contributed by atoms with E-state index in [1.165, 1.54) is 22.8 Å². The molecule has 1 amide bonds. The predicted octanol–water partition coefficient (Wildman–Crippen LogP) is 4.35. The molecule has 1 heterocycles. The molecule has 0 aliphatic heterocycles. The summed E-state index contributed by atoms with van der Waals surface area (Å²) in [6.07, 6.45) is -0.809. The van der Waals surface area contributed by atoms with Crippen LogP contribution in [0.1, 0.15) is 36.8 Å². The number of amides is 1. The van der Waals surface area contributed by atoms with Crippen molar-refractivity contribution >= 4 is 45.1 Å². The minimum atomic E-state index is -4.38. The van der Waals surface area contributed by atoms with E-state index in [-0.39, 0.29) is 46.3 Å². The van der Waals surface area contributed by atoms with E-state index in [4.69, 9.17) is 43.6 Å². The van der Waals surface area contributed by atoms with Crippen LogP contribution in [0, 0.1) is 0 Å². The van der Waals surface area contributed by atoms with Gasteiger partial charge in [0.05, 0.1) is 12.2 Å². The van der Waals surface area contributed by atoms with Crippen molar-refractivity contribution < 1.29 is 22.1 Å². The van der Waals surface area contributed by atoms with Crippen molar-refractivity contribution in [3.8, 4) is 5.75 Å². The van der Waals surface area contributed by atoms with Gasteiger partial charge >= 0.3 is 16.2 Å². The van der Waals surface area contributed by atoms with E-state index >= 15 is 0 Å². The molecule has 0 atom stereocenters. The van der Waals surface area contributed by atoms with Gasteiger partial charge in [-0.05, 0) is 29.7 Å². The van der Waals surface area contributed by atoms with E-state index in [1.54, 1.807) is 18.2 Å². The molecule has 34 heavy (non-hydrogen) atoms. The summed E-state index contributed by atoms with van der Waals surface area (Å²) in [5.41, 5.74) is 12.5. The summed E-state index contributed by atoms with van der Waals surface area (Å²) in [5.74, 6) is 0.0652. The number of carbonyl (C=O) groups is 1. The van der Waals surface area contributed by atoms with Gasteiger partial charge in [-0.15, -0.1) is 0 Å². The summed E-state index contributed by atoms with van der Waals surface area (Å²) in [4.78, 5) is 15.6. The SMILES string of the molecule is CC(C)c1nc(CCOC(N)=O)n(Cc2cccc(N)c2)c1S(=O)(=O)Oc1cc(Cl)cc(Cl)c1. The molecular weight excluding hydrogens is 503 g/mol. The highest BCUT2D eigenvalue weighted by molar-refractivity contribution is 7.87. The van der Waals surface area contributed by atoms with E-state index in [1.807, 2.05) is 19.9 Å². The first-order valence-electron chi connectivity index (χ1n) is 10.2. The van der Waals surface area contributed by atoms with E-state index in [0.717, 1.165) is 5.56 Å². The number of benzene rings is 2. The number of nitrogen functional groups attached to an aromatic ring is 1. The third kappa shape index (κ3) is 6.34. The third-order valence-corrected chi connectivity index (χ3v) is 6.46. The van der Waals surface area contributed by atoms with Gasteiger partial charge in [0.25, 0.3) is 0 Å². The second-order valence-corrected chi connectivity index (χ2v) is 10.1. The summed E-state index contributed by atoms with van der Waals surface area (Å²) < 4.78 is 38.8. The molecule has 0 bridgehead atoms. The average Bonchev–Trinajstić information content (AvgIpc) is 3.06. The molecule has 2 aromatic carbocycles. The summed E-state index contributed by atoms with van der Waals surface area (Å²) in [6, 6.07) is 11.2. The highest BCUT2D eigenvalue weighted by Gasteiger charge is 2.31. The number of imidazole rings is 1. The molecule has 0 spiro atoms. The van der Waals surface area contributed by atoms with Crippen LogP contribution in [0.3, 0.4) is 0 Å². The molecule has 0 radical (unpaired) electrons. The quantitative estimate of drug-likeness (QED) is 0.312. The Morgan fingerprint density at radius 1 is 1.15 bits per heavy atom. The summed E-state index contributed by atoms with van der Waals surface area (Å²) in [6.45, 7) is 3.67. The molecule has 0 unspecified atom stereocenters. The highest BCUT2D eigenvalue weighted by atomic mass is 35.5. The van der Waals surface area contributed by atoms with Gasteiger partial charge in [0.2, 0.25) is 0 Å². The molecule has 0 fully saturated rings. The van der Waals surface area contributed by atoms with Crippen LogP contribution < -0.4 is 15.7 Å². The van der Waals surface area contributed by atoms with Gasteiger partial charge in [-0.25, -0.2) is 9.78 Å². The second kappa shape index (κ2) is 10.5. The Balaban J connectivity index is 2.13. The minimum absolute atomic E-state index is 0.0393. The second-order valence-electron chi connectivity index (χ2n) is 7.76. The maximum Gasteiger partial charge on any atom is 0.404 e. The number of nitrogens with zero attached hydrogens (tertiary/aromatic N) is 2. The first-order valence-corrected chi connectivity index (χ1v) is 12.4. The molecule has 1 aromatic heterocycles. The Kier molecular flexibility index (Phi) is 7.96.